The van der Waals surface area contributed by atoms with E-state index in [1.165, 1.54) is 0 Å². The van der Waals surface area contributed by atoms with Crippen molar-refractivity contribution in [3.8, 4) is 0 Å². The van der Waals surface area contributed by atoms with Gasteiger partial charge in [-0.2, -0.15) is 0 Å². The lowest BCUT2D eigenvalue weighted by atomic mass is 10.1. The van der Waals surface area contributed by atoms with E-state index >= 15 is 0 Å². The van der Waals surface area contributed by atoms with Crippen LogP contribution < -0.4 is 21.7 Å². The number of rotatable bonds is 11. The molecule has 0 aliphatic heterocycles. The summed E-state index contributed by atoms with van der Waals surface area (Å²) >= 11 is 0. The van der Waals surface area contributed by atoms with Gasteiger partial charge in [0.2, 0.25) is 17.7 Å². The zero-order valence-corrected chi connectivity index (χ0v) is 13.0. The van der Waals surface area contributed by atoms with Crippen molar-refractivity contribution in [1.29, 1.82) is 0 Å². The first kappa shape index (κ1) is 19.4. The Balaban J connectivity index is 4.39. The van der Waals surface area contributed by atoms with Crippen molar-refractivity contribution in [1.82, 2.24) is 16.0 Å². The monoisotopic (exact) mass is 300 g/mol. The maximum atomic E-state index is 12.0. The maximum absolute atomic E-state index is 12.0. The second-order valence-corrected chi connectivity index (χ2v) is 4.84. The van der Waals surface area contributed by atoms with Gasteiger partial charge in [-0.05, 0) is 19.3 Å². The Morgan fingerprint density at radius 2 is 1.67 bits per heavy atom. The molecule has 21 heavy (non-hydrogen) atoms. The van der Waals surface area contributed by atoms with Gasteiger partial charge in [0.1, 0.15) is 6.04 Å². The number of carbonyl (C=O) groups is 3. The summed E-state index contributed by atoms with van der Waals surface area (Å²) in [7, 11) is 0. The molecular formula is C14H28N4O3. The highest BCUT2D eigenvalue weighted by atomic mass is 16.2. The van der Waals surface area contributed by atoms with E-state index in [-0.39, 0.29) is 30.6 Å². The minimum atomic E-state index is -0.692. The minimum absolute atomic E-state index is 0.113. The Morgan fingerprint density at radius 3 is 2.24 bits per heavy atom. The normalized spacial score (nSPS) is 11.6. The average molecular weight is 300 g/mol. The number of hydrogen-bond donors (Lipinski definition) is 4. The molecule has 1 atom stereocenters. The Hall–Kier alpha value is -1.63. The predicted octanol–water partition coefficient (Wildman–Crippen LogP) is -0.347. The van der Waals surface area contributed by atoms with Gasteiger partial charge >= 0.3 is 0 Å². The molecule has 0 spiro atoms. The molecule has 3 amide bonds. The van der Waals surface area contributed by atoms with E-state index in [4.69, 9.17) is 5.73 Å². The number of amides is 3. The summed E-state index contributed by atoms with van der Waals surface area (Å²) in [6.45, 7) is 5.15. The van der Waals surface area contributed by atoms with Crippen LogP contribution in [0.25, 0.3) is 0 Å². The molecule has 0 fully saturated rings. The van der Waals surface area contributed by atoms with Crippen molar-refractivity contribution in [2.75, 3.05) is 19.6 Å². The van der Waals surface area contributed by atoms with Gasteiger partial charge in [-0.3, -0.25) is 14.4 Å². The minimum Gasteiger partial charge on any atom is -0.356 e. The van der Waals surface area contributed by atoms with Gasteiger partial charge < -0.3 is 21.7 Å². The van der Waals surface area contributed by atoms with Crippen molar-refractivity contribution in [3.63, 3.8) is 0 Å². The van der Waals surface area contributed by atoms with E-state index in [1.54, 1.807) is 0 Å². The van der Waals surface area contributed by atoms with Gasteiger partial charge in [0, 0.05) is 32.5 Å². The zero-order chi connectivity index (χ0) is 16.1. The van der Waals surface area contributed by atoms with Crippen molar-refractivity contribution in [3.05, 3.63) is 0 Å². The van der Waals surface area contributed by atoms with Crippen LogP contribution in [0.4, 0.5) is 0 Å². The third-order valence-corrected chi connectivity index (χ3v) is 2.80. The molecule has 0 saturated carbocycles. The predicted molar refractivity (Wildman–Crippen MR) is 81.4 cm³/mol. The fraction of sp³-hybridized carbons (Fsp3) is 0.786. The number of carbonyl (C=O) groups excluding carboxylic acids is 3. The molecule has 1 unspecified atom stereocenters. The molecule has 0 aromatic carbocycles. The summed E-state index contributed by atoms with van der Waals surface area (Å²) in [6.07, 6.45) is 2.41. The summed E-state index contributed by atoms with van der Waals surface area (Å²) in [4.78, 5) is 35.2. The quantitative estimate of drug-likeness (QED) is 0.418. The second-order valence-electron chi connectivity index (χ2n) is 4.84. The van der Waals surface area contributed by atoms with Crippen LogP contribution >= 0.6 is 0 Å². The molecule has 7 heteroatoms. The van der Waals surface area contributed by atoms with Crippen LogP contribution in [0.5, 0.6) is 0 Å². The highest BCUT2D eigenvalue weighted by Gasteiger charge is 2.20. The van der Waals surface area contributed by atoms with Crippen LogP contribution in [0.1, 0.15) is 46.0 Å². The summed E-state index contributed by atoms with van der Waals surface area (Å²) < 4.78 is 0. The Bertz CT molecular complexity index is 334. The van der Waals surface area contributed by atoms with Crippen molar-refractivity contribution in [2.24, 2.45) is 5.73 Å². The second kappa shape index (κ2) is 12.1. The molecule has 0 rings (SSSR count). The molecule has 0 radical (unpaired) electrons. The SMILES string of the molecule is CCCNC(=O)CCC(NC(=O)CCC)C(=O)NCCN. The molecule has 5 N–H and O–H groups in total. The van der Waals surface area contributed by atoms with E-state index in [1.807, 2.05) is 13.8 Å². The first-order chi connectivity index (χ1) is 10.0. The highest BCUT2D eigenvalue weighted by molar-refractivity contribution is 5.88. The van der Waals surface area contributed by atoms with E-state index < -0.39 is 6.04 Å². The van der Waals surface area contributed by atoms with Crippen LogP contribution in [-0.2, 0) is 14.4 Å². The third kappa shape index (κ3) is 9.84. The van der Waals surface area contributed by atoms with E-state index in [9.17, 15) is 14.4 Å². The van der Waals surface area contributed by atoms with Gasteiger partial charge in [-0.25, -0.2) is 0 Å². The lowest BCUT2D eigenvalue weighted by Crippen LogP contribution is -2.48. The molecule has 0 saturated heterocycles. The molecule has 0 heterocycles. The first-order valence-electron chi connectivity index (χ1n) is 7.58. The highest BCUT2D eigenvalue weighted by Crippen LogP contribution is 2.00. The largest absolute Gasteiger partial charge is 0.356 e. The van der Waals surface area contributed by atoms with Gasteiger partial charge in [-0.1, -0.05) is 13.8 Å². The molecule has 122 valence electrons. The molecule has 0 aliphatic carbocycles. The molecular weight excluding hydrogens is 272 g/mol. The molecule has 0 aliphatic rings. The fourth-order valence-electron chi connectivity index (χ4n) is 1.71. The average Bonchev–Trinajstić information content (AvgIpc) is 2.46. The smallest absolute Gasteiger partial charge is 0.242 e. The van der Waals surface area contributed by atoms with E-state index in [2.05, 4.69) is 16.0 Å². The number of hydrogen-bond acceptors (Lipinski definition) is 4. The van der Waals surface area contributed by atoms with Crippen LogP contribution in [0.2, 0.25) is 0 Å². The number of nitrogens with one attached hydrogen (secondary N) is 3. The summed E-state index contributed by atoms with van der Waals surface area (Å²) in [6, 6.07) is -0.692. The fourth-order valence-corrected chi connectivity index (χ4v) is 1.71. The molecule has 7 nitrogen and oxygen atoms in total. The van der Waals surface area contributed by atoms with Crippen molar-refractivity contribution < 1.29 is 14.4 Å². The van der Waals surface area contributed by atoms with Crippen LogP contribution in [0, 0.1) is 0 Å². The third-order valence-electron chi connectivity index (χ3n) is 2.80. The van der Waals surface area contributed by atoms with Gasteiger partial charge in [0.05, 0.1) is 0 Å². The Kier molecular flexibility index (Phi) is 11.2. The maximum Gasteiger partial charge on any atom is 0.242 e. The topological polar surface area (TPSA) is 113 Å². The number of nitrogens with two attached hydrogens (primary N) is 1. The summed E-state index contributed by atoms with van der Waals surface area (Å²) in [5.74, 6) is -0.592. The lowest BCUT2D eigenvalue weighted by molar-refractivity contribution is -0.129. The van der Waals surface area contributed by atoms with Crippen LogP contribution in [0.15, 0.2) is 0 Å². The van der Waals surface area contributed by atoms with Crippen molar-refractivity contribution in [2.45, 2.75) is 52.0 Å². The summed E-state index contributed by atoms with van der Waals surface area (Å²) in [5, 5.41) is 8.05. The first-order valence-corrected chi connectivity index (χ1v) is 7.58. The van der Waals surface area contributed by atoms with Crippen LogP contribution in [0.3, 0.4) is 0 Å². The molecule has 0 aromatic heterocycles. The standard InChI is InChI=1S/C14H28N4O3/c1-3-5-13(20)18-11(14(21)17-10-8-15)6-7-12(19)16-9-4-2/h11H,3-10,15H2,1-2H3,(H,16,19)(H,17,21)(H,18,20). The van der Waals surface area contributed by atoms with Gasteiger partial charge in [0.25, 0.3) is 0 Å². The van der Waals surface area contributed by atoms with E-state index in [0.717, 1.165) is 6.42 Å². The van der Waals surface area contributed by atoms with Gasteiger partial charge in [-0.15, -0.1) is 0 Å². The van der Waals surface area contributed by atoms with Crippen LogP contribution in [-0.4, -0.2) is 43.4 Å². The van der Waals surface area contributed by atoms with E-state index in [0.29, 0.717) is 32.5 Å². The molecule has 0 aromatic rings. The van der Waals surface area contributed by atoms with Gasteiger partial charge in [0.15, 0.2) is 0 Å². The zero-order valence-electron chi connectivity index (χ0n) is 13.0. The van der Waals surface area contributed by atoms with Crippen molar-refractivity contribution >= 4 is 17.7 Å². The molecule has 0 bridgehead atoms. The summed E-state index contributed by atoms with van der Waals surface area (Å²) in [5.41, 5.74) is 5.34. The Morgan fingerprint density at radius 1 is 0.952 bits per heavy atom. The Labute approximate surface area is 126 Å². The lowest BCUT2D eigenvalue weighted by Gasteiger charge is -2.18.